The van der Waals surface area contributed by atoms with E-state index in [0.717, 1.165) is 16.5 Å². The van der Waals surface area contributed by atoms with E-state index in [1.54, 1.807) is 11.3 Å². The molecule has 2 rings (SSSR count). The Morgan fingerprint density at radius 2 is 2.24 bits per heavy atom. The molecule has 0 amide bonds. The Hall–Kier alpha value is 0.380. The van der Waals surface area contributed by atoms with Crippen LogP contribution in [-0.4, -0.2) is 0 Å². The summed E-state index contributed by atoms with van der Waals surface area (Å²) in [4.78, 5) is 1.23. The van der Waals surface area contributed by atoms with Crippen LogP contribution in [0.1, 0.15) is 16.5 Å². The quantitative estimate of drug-likeness (QED) is 0.607. The lowest BCUT2D eigenvalue weighted by Gasteiger charge is -2.14. The monoisotopic (exact) mass is 370 g/mol. The zero-order chi connectivity index (χ0) is 12.4. The SMILES string of the molecule is NNC(Cc1sccc1Br)c1cc(Cl)sc1Cl. The summed E-state index contributed by atoms with van der Waals surface area (Å²) in [5.74, 6) is 5.59. The van der Waals surface area contributed by atoms with Crippen LogP contribution in [0.3, 0.4) is 0 Å². The molecule has 0 aliphatic rings. The number of halogens is 3. The maximum atomic E-state index is 6.13. The van der Waals surface area contributed by atoms with E-state index < -0.39 is 0 Å². The fraction of sp³-hybridized carbons (Fsp3) is 0.200. The molecular weight excluding hydrogens is 363 g/mol. The van der Waals surface area contributed by atoms with Crippen LogP contribution in [0, 0.1) is 0 Å². The Bertz CT molecular complexity index is 512. The zero-order valence-corrected chi connectivity index (χ0v) is 13.3. The highest BCUT2D eigenvalue weighted by atomic mass is 79.9. The van der Waals surface area contributed by atoms with Crippen LogP contribution in [-0.2, 0) is 6.42 Å². The van der Waals surface area contributed by atoms with Gasteiger partial charge in [-0.3, -0.25) is 11.3 Å². The average molecular weight is 372 g/mol. The third-order valence-electron chi connectivity index (χ3n) is 2.34. The summed E-state index contributed by atoms with van der Waals surface area (Å²) < 4.78 is 2.46. The zero-order valence-electron chi connectivity index (χ0n) is 8.54. The topological polar surface area (TPSA) is 38.0 Å². The number of hydrogen-bond acceptors (Lipinski definition) is 4. The molecule has 0 bridgehead atoms. The minimum atomic E-state index is -0.0267. The highest BCUT2D eigenvalue weighted by Crippen LogP contribution is 2.37. The maximum Gasteiger partial charge on any atom is 0.0992 e. The van der Waals surface area contributed by atoms with Crippen molar-refractivity contribution in [3.05, 3.63) is 41.1 Å². The lowest BCUT2D eigenvalue weighted by molar-refractivity contribution is 0.556. The van der Waals surface area contributed by atoms with E-state index in [9.17, 15) is 0 Å². The van der Waals surface area contributed by atoms with Crippen molar-refractivity contribution < 1.29 is 0 Å². The van der Waals surface area contributed by atoms with E-state index >= 15 is 0 Å². The summed E-state index contributed by atoms with van der Waals surface area (Å²) in [5, 5.41) is 2.04. The van der Waals surface area contributed by atoms with Gasteiger partial charge in [-0.05, 0) is 33.4 Å². The van der Waals surface area contributed by atoms with E-state index in [1.165, 1.54) is 16.2 Å². The van der Waals surface area contributed by atoms with Gasteiger partial charge in [-0.1, -0.05) is 23.2 Å². The molecule has 1 atom stereocenters. The van der Waals surface area contributed by atoms with Crippen LogP contribution >= 0.6 is 61.8 Å². The van der Waals surface area contributed by atoms with E-state index in [2.05, 4.69) is 21.4 Å². The van der Waals surface area contributed by atoms with Gasteiger partial charge in [-0.25, -0.2) is 0 Å². The van der Waals surface area contributed by atoms with Gasteiger partial charge in [0.2, 0.25) is 0 Å². The molecule has 0 aliphatic heterocycles. The molecule has 3 N–H and O–H groups in total. The van der Waals surface area contributed by atoms with E-state index in [-0.39, 0.29) is 6.04 Å². The lowest BCUT2D eigenvalue weighted by atomic mass is 10.1. The normalized spacial score (nSPS) is 12.9. The molecule has 0 saturated carbocycles. The van der Waals surface area contributed by atoms with E-state index in [0.29, 0.717) is 8.67 Å². The molecule has 0 saturated heterocycles. The Morgan fingerprint density at radius 3 is 2.71 bits per heavy atom. The molecule has 0 aliphatic carbocycles. The van der Waals surface area contributed by atoms with Crippen LogP contribution in [0.4, 0.5) is 0 Å². The molecular formula is C10H9BrCl2N2S2. The van der Waals surface area contributed by atoms with Crippen molar-refractivity contribution in [1.29, 1.82) is 0 Å². The second-order valence-electron chi connectivity index (χ2n) is 3.39. The van der Waals surface area contributed by atoms with Crippen LogP contribution < -0.4 is 11.3 Å². The lowest BCUT2D eigenvalue weighted by Crippen LogP contribution is -2.29. The first-order valence-electron chi connectivity index (χ1n) is 4.74. The first kappa shape index (κ1) is 13.8. The van der Waals surface area contributed by atoms with Gasteiger partial charge in [0.1, 0.15) is 0 Å². The molecule has 2 aromatic heterocycles. The number of hydrazine groups is 1. The van der Waals surface area contributed by atoms with Gasteiger partial charge in [0.15, 0.2) is 0 Å². The van der Waals surface area contributed by atoms with Crippen molar-refractivity contribution in [2.45, 2.75) is 12.5 Å². The summed E-state index contributed by atoms with van der Waals surface area (Å²) in [6, 6.07) is 3.86. The van der Waals surface area contributed by atoms with Crippen molar-refractivity contribution in [2.75, 3.05) is 0 Å². The fourth-order valence-electron chi connectivity index (χ4n) is 1.51. The number of hydrogen-bond donors (Lipinski definition) is 2. The molecule has 1 unspecified atom stereocenters. The average Bonchev–Trinajstić information content (AvgIpc) is 2.82. The molecule has 0 radical (unpaired) electrons. The summed E-state index contributed by atoms with van der Waals surface area (Å²) in [7, 11) is 0. The molecule has 17 heavy (non-hydrogen) atoms. The predicted octanol–water partition coefficient (Wildman–Crippen LogP) is 4.63. The third kappa shape index (κ3) is 3.23. The van der Waals surface area contributed by atoms with Crippen molar-refractivity contribution >= 4 is 61.8 Å². The Kier molecular flexibility index (Phi) is 4.88. The number of nitrogens with two attached hydrogens (primary N) is 1. The maximum absolute atomic E-state index is 6.13. The number of nitrogens with one attached hydrogen (secondary N) is 1. The highest BCUT2D eigenvalue weighted by molar-refractivity contribution is 9.10. The van der Waals surface area contributed by atoms with Crippen molar-refractivity contribution in [3.63, 3.8) is 0 Å². The molecule has 0 fully saturated rings. The first-order valence-corrected chi connectivity index (χ1v) is 7.99. The molecule has 0 aromatic carbocycles. The largest absolute Gasteiger partial charge is 0.271 e. The van der Waals surface area contributed by atoms with Crippen LogP contribution in [0.5, 0.6) is 0 Å². The first-order chi connectivity index (χ1) is 8.11. The summed E-state index contributed by atoms with van der Waals surface area (Å²) in [6.07, 6.45) is 0.779. The van der Waals surface area contributed by atoms with Gasteiger partial charge in [0.25, 0.3) is 0 Å². The predicted molar refractivity (Wildman–Crippen MR) is 80.1 cm³/mol. The van der Waals surface area contributed by atoms with Crippen LogP contribution in [0.2, 0.25) is 8.67 Å². The standard InChI is InChI=1S/C10H9BrCl2N2S2/c11-6-1-2-16-8(6)4-7(15-14)5-3-9(12)17-10(5)13/h1-3,7,15H,4,14H2. The Balaban J connectivity index is 2.23. The van der Waals surface area contributed by atoms with Gasteiger partial charge >= 0.3 is 0 Å². The van der Waals surface area contributed by atoms with Gasteiger partial charge < -0.3 is 0 Å². The van der Waals surface area contributed by atoms with Crippen molar-refractivity contribution in [2.24, 2.45) is 5.84 Å². The fourth-order valence-corrected chi connectivity index (χ4v) is 4.65. The van der Waals surface area contributed by atoms with Gasteiger partial charge in [0.05, 0.1) is 14.7 Å². The summed E-state index contributed by atoms with van der Waals surface area (Å²) >= 11 is 18.6. The van der Waals surface area contributed by atoms with Crippen LogP contribution in [0.25, 0.3) is 0 Å². The highest BCUT2D eigenvalue weighted by Gasteiger charge is 2.18. The van der Waals surface area contributed by atoms with Gasteiger partial charge in [-0.2, -0.15) is 0 Å². The number of thiophene rings is 2. The molecule has 2 nitrogen and oxygen atoms in total. The van der Waals surface area contributed by atoms with Crippen LogP contribution in [0.15, 0.2) is 22.0 Å². The third-order valence-corrected chi connectivity index (χ3v) is 5.81. The second kappa shape index (κ2) is 6.02. The molecule has 92 valence electrons. The summed E-state index contributed by atoms with van der Waals surface area (Å²) in [6.45, 7) is 0. The van der Waals surface area contributed by atoms with Gasteiger partial charge in [-0.15, -0.1) is 22.7 Å². The molecule has 0 spiro atoms. The Morgan fingerprint density at radius 1 is 1.47 bits per heavy atom. The van der Waals surface area contributed by atoms with E-state index in [4.69, 9.17) is 29.0 Å². The minimum absolute atomic E-state index is 0.0267. The summed E-state index contributed by atoms with van der Waals surface area (Å²) in [5.41, 5.74) is 3.74. The Labute approximate surface area is 126 Å². The smallest absolute Gasteiger partial charge is 0.0992 e. The van der Waals surface area contributed by atoms with Crippen molar-refractivity contribution in [1.82, 2.24) is 5.43 Å². The molecule has 7 heteroatoms. The molecule has 2 heterocycles. The molecule has 2 aromatic rings. The van der Waals surface area contributed by atoms with Crippen molar-refractivity contribution in [3.8, 4) is 0 Å². The van der Waals surface area contributed by atoms with E-state index in [1.807, 2.05) is 17.5 Å². The van der Waals surface area contributed by atoms with Gasteiger partial charge in [0, 0.05) is 21.3 Å². The minimum Gasteiger partial charge on any atom is -0.271 e. The second-order valence-corrected chi connectivity index (χ2v) is 7.54. The number of rotatable bonds is 4.